The van der Waals surface area contributed by atoms with Gasteiger partial charge in [0.05, 0.1) is 5.75 Å². The number of hydrazine groups is 1. The molecular weight excluding hydrogens is 340 g/mol. The number of rotatable bonds is 6. The number of halogens is 1. The Bertz CT molecular complexity index is 615. The standard InChI is InChI=1S/C15H15ClN2O2S2/c16-11-3-5-13(6-4-11)22-10-15(20)18-17-14(19)8-7-12-2-1-9-21-12/h1-6,9H,7-8,10H2,(H,17,19)(H,18,20). The van der Waals surface area contributed by atoms with Crippen molar-refractivity contribution in [3.63, 3.8) is 0 Å². The summed E-state index contributed by atoms with van der Waals surface area (Å²) < 4.78 is 0. The van der Waals surface area contributed by atoms with Crippen molar-refractivity contribution in [2.24, 2.45) is 0 Å². The van der Waals surface area contributed by atoms with Crippen LogP contribution < -0.4 is 10.9 Å². The fourth-order valence-electron chi connectivity index (χ4n) is 1.61. The van der Waals surface area contributed by atoms with Gasteiger partial charge in [-0.15, -0.1) is 23.1 Å². The summed E-state index contributed by atoms with van der Waals surface area (Å²) in [5.74, 6) is -0.213. The molecular formula is C15H15ClN2O2S2. The number of thiophene rings is 1. The van der Waals surface area contributed by atoms with Crippen LogP contribution in [0.5, 0.6) is 0 Å². The maximum absolute atomic E-state index is 11.7. The van der Waals surface area contributed by atoms with Gasteiger partial charge in [-0.25, -0.2) is 0 Å². The van der Waals surface area contributed by atoms with E-state index in [0.29, 0.717) is 17.9 Å². The quantitative estimate of drug-likeness (QED) is 0.618. The van der Waals surface area contributed by atoms with E-state index in [4.69, 9.17) is 11.6 Å². The van der Waals surface area contributed by atoms with E-state index in [1.165, 1.54) is 11.8 Å². The van der Waals surface area contributed by atoms with Gasteiger partial charge >= 0.3 is 0 Å². The molecule has 0 unspecified atom stereocenters. The molecule has 2 N–H and O–H groups in total. The van der Waals surface area contributed by atoms with Gasteiger partial charge in [-0.05, 0) is 42.1 Å². The summed E-state index contributed by atoms with van der Waals surface area (Å²) in [6.07, 6.45) is 1.03. The molecule has 4 nitrogen and oxygen atoms in total. The van der Waals surface area contributed by atoms with Crippen molar-refractivity contribution in [2.45, 2.75) is 17.7 Å². The number of hydrogen-bond donors (Lipinski definition) is 2. The first-order valence-electron chi connectivity index (χ1n) is 6.62. The minimum atomic E-state index is -0.246. The Morgan fingerprint density at radius 3 is 2.50 bits per heavy atom. The first-order chi connectivity index (χ1) is 10.6. The average Bonchev–Trinajstić information content (AvgIpc) is 3.04. The summed E-state index contributed by atoms with van der Waals surface area (Å²) in [6, 6.07) is 11.2. The highest BCUT2D eigenvalue weighted by Crippen LogP contribution is 2.19. The molecule has 1 heterocycles. The summed E-state index contributed by atoms with van der Waals surface area (Å²) in [5.41, 5.74) is 4.83. The molecule has 0 aliphatic carbocycles. The highest BCUT2D eigenvalue weighted by Gasteiger charge is 2.06. The Labute approximate surface area is 142 Å². The van der Waals surface area contributed by atoms with Crippen LogP contribution in [0.15, 0.2) is 46.7 Å². The van der Waals surface area contributed by atoms with E-state index in [9.17, 15) is 9.59 Å². The molecule has 0 aliphatic heterocycles. The van der Waals surface area contributed by atoms with Gasteiger partial charge in [-0.2, -0.15) is 0 Å². The fraction of sp³-hybridized carbons (Fsp3) is 0.200. The Kier molecular flexibility index (Phi) is 6.76. The third-order valence-electron chi connectivity index (χ3n) is 2.70. The summed E-state index contributed by atoms with van der Waals surface area (Å²) in [7, 11) is 0. The minimum absolute atomic E-state index is 0.196. The second-order valence-corrected chi connectivity index (χ2v) is 6.94. The molecule has 2 aromatic rings. The van der Waals surface area contributed by atoms with Crippen LogP contribution in [0.1, 0.15) is 11.3 Å². The monoisotopic (exact) mass is 354 g/mol. The van der Waals surface area contributed by atoms with Gasteiger partial charge in [0, 0.05) is 21.2 Å². The molecule has 0 saturated heterocycles. The number of benzene rings is 1. The van der Waals surface area contributed by atoms with Gasteiger partial charge in [0.2, 0.25) is 11.8 Å². The van der Waals surface area contributed by atoms with Crippen LogP contribution in [0.4, 0.5) is 0 Å². The zero-order valence-corrected chi connectivity index (χ0v) is 14.1. The third-order valence-corrected chi connectivity index (χ3v) is 4.90. The maximum Gasteiger partial charge on any atom is 0.248 e. The van der Waals surface area contributed by atoms with Crippen molar-refractivity contribution in [3.05, 3.63) is 51.7 Å². The lowest BCUT2D eigenvalue weighted by molar-refractivity contribution is -0.127. The molecule has 7 heteroatoms. The van der Waals surface area contributed by atoms with Crippen LogP contribution in [-0.2, 0) is 16.0 Å². The Morgan fingerprint density at radius 2 is 1.82 bits per heavy atom. The number of amides is 2. The first kappa shape index (κ1) is 16.9. The topological polar surface area (TPSA) is 58.2 Å². The smallest absolute Gasteiger partial charge is 0.248 e. The lowest BCUT2D eigenvalue weighted by atomic mass is 10.2. The second kappa shape index (κ2) is 8.82. The lowest BCUT2D eigenvalue weighted by Gasteiger charge is -2.07. The largest absolute Gasteiger partial charge is 0.273 e. The Balaban J connectivity index is 1.62. The third kappa shape index (κ3) is 6.09. The molecule has 22 heavy (non-hydrogen) atoms. The van der Waals surface area contributed by atoms with Crippen molar-refractivity contribution < 1.29 is 9.59 Å². The molecule has 2 rings (SSSR count). The van der Waals surface area contributed by atoms with Crippen LogP contribution in [0.2, 0.25) is 5.02 Å². The van der Waals surface area contributed by atoms with Gasteiger partial charge in [0.1, 0.15) is 0 Å². The number of carbonyl (C=O) groups excluding carboxylic acids is 2. The van der Waals surface area contributed by atoms with Crippen LogP contribution in [0, 0.1) is 0 Å². The van der Waals surface area contributed by atoms with Gasteiger partial charge < -0.3 is 0 Å². The highest BCUT2D eigenvalue weighted by molar-refractivity contribution is 8.00. The fourth-order valence-corrected chi connectivity index (χ4v) is 3.14. The second-order valence-electron chi connectivity index (χ2n) is 4.42. The van der Waals surface area contributed by atoms with E-state index in [1.54, 1.807) is 23.5 Å². The van der Waals surface area contributed by atoms with E-state index >= 15 is 0 Å². The van der Waals surface area contributed by atoms with Crippen LogP contribution in [0.25, 0.3) is 0 Å². The molecule has 1 aromatic carbocycles. The number of thioether (sulfide) groups is 1. The van der Waals surface area contributed by atoms with Gasteiger partial charge in [-0.3, -0.25) is 20.4 Å². The van der Waals surface area contributed by atoms with E-state index in [0.717, 1.165) is 9.77 Å². The molecule has 0 radical (unpaired) electrons. The number of hydrogen-bond acceptors (Lipinski definition) is 4. The van der Waals surface area contributed by atoms with Crippen LogP contribution in [0.3, 0.4) is 0 Å². The number of nitrogens with one attached hydrogen (secondary N) is 2. The van der Waals surface area contributed by atoms with Crippen LogP contribution >= 0.6 is 34.7 Å². The summed E-state index contributed by atoms with van der Waals surface area (Å²) >= 11 is 8.79. The molecule has 116 valence electrons. The van der Waals surface area contributed by atoms with Crippen molar-refractivity contribution in [3.8, 4) is 0 Å². The molecule has 0 spiro atoms. The molecule has 0 aliphatic rings. The Morgan fingerprint density at radius 1 is 1.09 bits per heavy atom. The summed E-state index contributed by atoms with van der Waals surface area (Å²) in [5, 5.41) is 2.63. The van der Waals surface area contributed by atoms with E-state index in [1.807, 2.05) is 29.6 Å². The van der Waals surface area contributed by atoms with E-state index < -0.39 is 0 Å². The number of aryl methyl sites for hydroxylation is 1. The van der Waals surface area contributed by atoms with Crippen molar-refractivity contribution >= 4 is 46.5 Å². The van der Waals surface area contributed by atoms with E-state index in [-0.39, 0.29) is 17.6 Å². The lowest BCUT2D eigenvalue weighted by Crippen LogP contribution is -2.42. The van der Waals surface area contributed by atoms with Crippen LogP contribution in [-0.4, -0.2) is 17.6 Å². The first-order valence-corrected chi connectivity index (χ1v) is 8.86. The van der Waals surface area contributed by atoms with Crippen molar-refractivity contribution in [2.75, 3.05) is 5.75 Å². The summed E-state index contributed by atoms with van der Waals surface area (Å²) in [6.45, 7) is 0. The van der Waals surface area contributed by atoms with Gasteiger partial charge in [0.25, 0.3) is 0 Å². The zero-order chi connectivity index (χ0) is 15.8. The minimum Gasteiger partial charge on any atom is -0.273 e. The molecule has 0 saturated carbocycles. The average molecular weight is 355 g/mol. The van der Waals surface area contributed by atoms with E-state index in [2.05, 4.69) is 10.9 Å². The molecule has 0 atom stereocenters. The summed E-state index contributed by atoms with van der Waals surface area (Å²) in [4.78, 5) is 25.4. The zero-order valence-electron chi connectivity index (χ0n) is 11.7. The molecule has 2 amide bonds. The molecule has 0 fully saturated rings. The number of carbonyl (C=O) groups is 2. The van der Waals surface area contributed by atoms with Gasteiger partial charge in [-0.1, -0.05) is 17.7 Å². The normalized spacial score (nSPS) is 10.2. The predicted octanol–water partition coefficient (Wildman–Crippen LogP) is 3.27. The highest BCUT2D eigenvalue weighted by atomic mass is 35.5. The SMILES string of the molecule is O=C(CCc1cccs1)NNC(=O)CSc1ccc(Cl)cc1. The van der Waals surface area contributed by atoms with Crippen molar-refractivity contribution in [1.29, 1.82) is 0 Å². The van der Waals surface area contributed by atoms with Crippen molar-refractivity contribution in [1.82, 2.24) is 10.9 Å². The maximum atomic E-state index is 11.7. The molecule has 0 bridgehead atoms. The van der Waals surface area contributed by atoms with Gasteiger partial charge in [0.15, 0.2) is 0 Å². The Hall–Kier alpha value is -1.50. The molecule has 1 aromatic heterocycles. The predicted molar refractivity (Wildman–Crippen MR) is 91.1 cm³/mol.